The summed E-state index contributed by atoms with van der Waals surface area (Å²) in [6.07, 6.45) is 5.60. The van der Waals surface area contributed by atoms with Gasteiger partial charge in [-0.2, -0.15) is 5.26 Å². The molecule has 0 spiro atoms. The third-order valence-corrected chi connectivity index (χ3v) is 4.60. The van der Waals surface area contributed by atoms with Gasteiger partial charge in [0.2, 0.25) is 0 Å². The van der Waals surface area contributed by atoms with Gasteiger partial charge in [0.15, 0.2) is 0 Å². The van der Waals surface area contributed by atoms with E-state index in [1.807, 2.05) is 24.3 Å². The Balaban J connectivity index is 1.61. The molecule has 0 unspecified atom stereocenters. The predicted octanol–water partition coefficient (Wildman–Crippen LogP) is 3.11. The monoisotopic (exact) mass is 329 g/mol. The topological polar surface area (TPSA) is 67.6 Å². The SMILES string of the molecule is N#Cc1ccccc1N1CCN(CCCCCCCC(=O)O)CC1. The van der Waals surface area contributed by atoms with E-state index >= 15 is 0 Å². The molecule has 0 saturated carbocycles. The maximum atomic E-state index is 10.4. The maximum Gasteiger partial charge on any atom is 0.303 e. The zero-order chi connectivity index (χ0) is 17.2. The fraction of sp³-hybridized carbons (Fsp3) is 0.579. The predicted molar refractivity (Wildman–Crippen MR) is 95.1 cm³/mol. The van der Waals surface area contributed by atoms with Gasteiger partial charge in [-0.1, -0.05) is 31.4 Å². The molecule has 1 saturated heterocycles. The molecule has 24 heavy (non-hydrogen) atoms. The first kappa shape index (κ1) is 18.3. The van der Waals surface area contributed by atoms with Gasteiger partial charge in [0, 0.05) is 32.6 Å². The number of aliphatic carboxylic acids is 1. The minimum atomic E-state index is -0.689. The molecule has 1 aliphatic rings. The van der Waals surface area contributed by atoms with Crippen molar-refractivity contribution in [3.8, 4) is 6.07 Å². The highest BCUT2D eigenvalue weighted by atomic mass is 16.4. The average molecular weight is 329 g/mol. The van der Waals surface area contributed by atoms with Gasteiger partial charge < -0.3 is 10.0 Å². The number of carboxylic acids is 1. The number of carboxylic acid groups (broad SMARTS) is 1. The van der Waals surface area contributed by atoms with Crippen LogP contribution in [0.1, 0.15) is 44.1 Å². The molecule has 5 heteroatoms. The summed E-state index contributed by atoms with van der Waals surface area (Å²) in [5.41, 5.74) is 1.81. The lowest BCUT2D eigenvalue weighted by Gasteiger charge is -2.36. The normalized spacial score (nSPS) is 15.2. The Morgan fingerprint density at radius 3 is 2.42 bits per heavy atom. The van der Waals surface area contributed by atoms with Gasteiger partial charge in [-0.05, 0) is 31.5 Å². The average Bonchev–Trinajstić information content (AvgIpc) is 2.61. The fourth-order valence-electron chi connectivity index (χ4n) is 3.20. The van der Waals surface area contributed by atoms with E-state index in [1.165, 1.54) is 12.8 Å². The molecule has 1 N–H and O–H groups in total. The van der Waals surface area contributed by atoms with Gasteiger partial charge in [0.05, 0.1) is 11.3 Å². The van der Waals surface area contributed by atoms with Crippen LogP contribution in [0.3, 0.4) is 0 Å². The van der Waals surface area contributed by atoms with Crippen LogP contribution in [0.5, 0.6) is 0 Å². The van der Waals surface area contributed by atoms with Crippen molar-refractivity contribution < 1.29 is 9.90 Å². The molecule has 1 fully saturated rings. The number of benzene rings is 1. The fourth-order valence-corrected chi connectivity index (χ4v) is 3.20. The Hall–Kier alpha value is -2.06. The first-order valence-electron chi connectivity index (χ1n) is 8.89. The lowest BCUT2D eigenvalue weighted by atomic mass is 10.1. The summed E-state index contributed by atoms with van der Waals surface area (Å²) in [6.45, 7) is 5.14. The molecule has 1 heterocycles. The Kier molecular flexibility index (Phi) is 7.57. The van der Waals surface area contributed by atoms with Gasteiger partial charge in [0.1, 0.15) is 6.07 Å². The molecule has 0 amide bonds. The molecule has 0 radical (unpaired) electrons. The summed E-state index contributed by atoms with van der Waals surface area (Å²) in [5.74, 6) is -0.689. The van der Waals surface area contributed by atoms with Crippen molar-refractivity contribution in [1.29, 1.82) is 5.26 Å². The highest BCUT2D eigenvalue weighted by molar-refractivity contribution is 5.66. The maximum absolute atomic E-state index is 10.4. The lowest BCUT2D eigenvalue weighted by molar-refractivity contribution is -0.137. The van der Waals surface area contributed by atoms with Crippen LogP contribution in [0.15, 0.2) is 24.3 Å². The summed E-state index contributed by atoms with van der Waals surface area (Å²) in [6, 6.07) is 10.1. The van der Waals surface area contributed by atoms with Crippen LogP contribution in [-0.2, 0) is 4.79 Å². The van der Waals surface area contributed by atoms with Gasteiger partial charge in [-0.3, -0.25) is 9.69 Å². The van der Waals surface area contributed by atoms with Crippen molar-refractivity contribution in [3.05, 3.63) is 29.8 Å². The summed E-state index contributed by atoms with van der Waals surface area (Å²) in [5, 5.41) is 17.8. The molecule has 0 bridgehead atoms. The van der Waals surface area contributed by atoms with Gasteiger partial charge in [-0.25, -0.2) is 0 Å². The van der Waals surface area contributed by atoms with E-state index in [4.69, 9.17) is 5.11 Å². The third-order valence-electron chi connectivity index (χ3n) is 4.60. The Bertz CT molecular complexity index is 560. The minimum Gasteiger partial charge on any atom is -0.481 e. The second-order valence-electron chi connectivity index (χ2n) is 6.37. The molecule has 1 aromatic rings. The highest BCUT2D eigenvalue weighted by Gasteiger charge is 2.18. The van der Waals surface area contributed by atoms with Crippen molar-refractivity contribution >= 4 is 11.7 Å². The van der Waals surface area contributed by atoms with Crippen molar-refractivity contribution in [3.63, 3.8) is 0 Å². The molecule has 1 aromatic carbocycles. The summed E-state index contributed by atoms with van der Waals surface area (Å²) in [7, 11) is 0. The van der Waals surface area contributed by atoms with Crippen LogP contribution in [0.4, 0.5) is 5.69 Å². The van der Waals surface area contributed by atoms with E-state index in [9.17, 15) is 10.1 Å². The quantitative estimate of drug-likeness (QED) is 0.705. The van der Waals surface area contributed by atoms with E-state index in [-0.39, 0.29) is 0 Å². The Morgan fingerprint density at radius 2 is 1.71 bits per heavy atom. The number of hydrogen-bond acceptors (Lipinski definition) is 4. The van der Waals surface area contributed by atoms with E-state index in [1.54, 1.807) is 0 Å². The van der Waals surface area contributed by atoms with Crippen molar-refractivity contribution in [2.75, 3.05) is 37.6 Å². The molecule has 1 aliphatic heterocycles. The summed E-state index contributed by atoms with van der Waals surface area (Å²) >= 11 is 0. The number of unbranched alkanes of at least 4 members (excludes halogenated alkanes) is 4. The van der Waals surface area contributed by atoms with Gasteiger partial charge in [-0.15, -0.1) is 0 Å². The third kappa shape index (κ3) is 5.86. The number of para-hydroxylation sites is 1. The minimum absolute atomic E-state index is 0.298. The second kappa shape index (κ2) is 9.94. The molecular formula is C19H27N3O2. The molecule has 0 aliphatic carbocycles. The van der Waals surface area contributed by atoms with E-state index in [0.29, 0.717) is 6.42 Å². The Morgan fingerprint density at radius 1 is 1.04 bits per heavy atom. The zero-order valence-corrected chi connectivity index (χ0v) is 14.3. The van der Waals surface area contributed by atoms with E-state index in [2.05, 4.69) is 15.9 Å². The van der Waals surface area contributed by atoms with Gasteiger partial charge >= 0.3 is 5.97 Å². The number of nitriles is 1. The van der Waals surface area contributed by atoms with Crippen LogP contribution < -0.4 is 4.90 Å². The number of hydrogen-bond donors (Lipinski definition) is 1. The van der Waals surface area contributed by atoms with Crippen molar-refractivity contribution in [2.24, 2.45) is 0 Å². The first-order chi connectivity index (χ1) is 11.7. The number of nitrogens with zero attached hydrogens (tertiary/aromatic N) is 3. The summed E-state index contributed by atoms with van der Waals surface area (Å²) < 4.78 is 0. The largest absolute Gasteiger partial charge is 0.481 e. The first-order valence-corrected chi connectivity index (χ1v) is 8.89. The lowest BCUT2D eigenvalue weighted by Crippen LogP contribution is -2.46. The standard InChI is InChI=1S/C19H27N3O2/c20-16-17-8-5-6-9-18(17)22-14-12-21(13-15-22)11-7-3-1-2-4-10-19(23)24/h5-6,8-9H,1-4,7,10-15H2,(H,23,24). The molecule has 2 rings (SSSR count). The molecular weight excluding hydrogens is 302 g/mol. The van der Waals surface area contributed by atoms with Crippen molar-refractivity contribution in [1.82, 2.24) is 4.90 Å². The molecule has 130 valence electrons. The highest BCUT2D eigenvalue weighted by Crippen LogP contribution is 2.21. The number of anilines is 1. The zero-order valence-electron chi connectivity index (χ0n) is 14.3. The van der Waals surface area contributed by atoms with E-state index < -0.39 is 5.97 Å². The van der Waals surface area contributed by atoms with Crippen LogP contribution in [-0.4, -0.2) is 48.7 Å². The van der Waals surface area contributed by atoms with Gasteiger partial charge in [0.25, 0.3) is 0 Å². The Labute approximate surface area is 144 Å². The second-order valence-corrected chi connectivity index (χ2v) is 6.37. The van der Waals surface area contributed by atoms with Crippen molar-refractivity contribution in [2.45, 2.75) is 38.5 Å². The van der Waals surface area contributed by atoms with E-state index in [0.717, 1.165) is 63.2 Å². The molecule has 0 aromatic heterocycles. The van der Waals surface area contributed by atoms with Crippen LogP contribution in [0, 0.1) is 11.3 Å². The summed E-state index contributed by atoms with van der Waals surface area (Å²) in [4.78, 5) is 15.2. The molecule has 0 atom stereocenters. The van der Waals surface area contributed by atoms with Crippen LogP contribution >= 0.6 is 0 Å². The number of piperazine rings is 1. The van der Waals surface area contributed by atoms with Crippen LogP contribution in [0.2, 0.25) is 0 Å². The molecule has 5 nitrogen and oxygen atoms in total. The smallest absolute Gasteiger partial charge is 0.303 e. The number of rotatable bonds is 9. The van der Waals surface area contributed by atoms with Crippen LogP contribution in [0.25, 0.3) is 0 Å². The number of carbonyl (C=O) groups is 1.